The molecule has 0 spiro atoms. The molecule has 2 aromatic carbocycles. The molecule has 0 heterocycles. The van der Waals surface area contributed by atoms with Gasteiger partial charge in [0.05, 0.1) is 12.5 Å². The molecule has 1 N–H and O–H groups in total. The van der Waals surface area contributed by atoms with E-state index in [1.807, 2.05) is 31.2 Å². The fourth-order valence-corrected chi connectivity index (χ4v) is 1.86. The van der Waals surface area contributed by atoms with E-state index in [4.69, 9.17) is 5.26 Å². The summed E-state index contributed by atoms with van der Waals surface area (Å²) >= 11 is 0. The van der Waals surface area contributed by atoms with Crippen molar-refractivity contribution in [3.8, 4) is 6.07 Å². The number of rotatable bonds is 4. The molecule has 2 rings (SSSR count). The number of halogens is 1. The Bertz CT molecular complexity index is 597. The summed E-state index contributed by atoms with van der Waals surface area (Å²) in [6, 6.07) is 14.6. The molecule has 0 radical (unpaired) electrons. The molecule has 0 fully saturated rings. The molecule has 0 bridgehead atoms. The van der Waals surface area contributed by atoms with Gasteiger partial charge in [0.15, 0.2) is 0 Å². The van der Waals surface area contributed by atoms with Crippen LogP contribution in [0.4, 0.5) is 10.1 Å². The minimum Gasteiger partial charge on any atom is -0.381 e. The van der Waals surface area contributed by atoms with E-state index in [0.717, 1.165) is 22.4 Å². The molecule has 0 saturated carbocycles. The van der Waals surface area contributed by atoms with Gasteiger partial charge in [-0.1, -0.05) is 18.2 Å². The summed E-state index contributed by atoms with van der Waals surface area (Å²) in [5, 5.41) is 11.8. The molecule has 0 amide bonds. The van der Waals surface area contributed by atoms with Gasteiger partial charge in [0.1, 0.15) is 5.82 Å². The highest BCUT2D eigenvalue weighted by molar-refractivity contribution is 5.46. The Labute approximate surface area is 112 Å². The summed E-state index contributed by atoms with van der Waals surface area (Å²) in [7, 11) is 0. The molecule has 0 unspecified atom stereocenters. The van der Waals surface area contributed by atoms with E-state index in [9.17, 15) is 4.39 Å². The van der Waals surface area contributed by atoms with Gasteiger partial charge in [-0.2, -0.15) is 5.26 Å². The zero-order valence-corrected chi connectivity index (χ0v) is 10.8. The number of nitriles is 1. The average Bonchev–Trinajstić information content (AvgIpc) is 2.42. The van der Waals surface area contributed by atoms with Crippen LogP contribution < -0.4 is 5.32 Å². The third kappa shape index (κ3) is 3.56. The van der Waals surface area contributed by atoms with E-state index in [1.54, 1.807) is 12.1 Å². The Morgan fingerprint density at radius 3 is 2.58 bits per heavy atom. The van der Waals surface area contributed by atoms with Crippen LogP contribution in [0.15, 0.2) is 42.5 Å². The van der Waals surface area contributed by atoms with Gasteiger partial charge in [0.2, 0.25) is 0 Å². The van der Waals surface area contributed by atoms with Crippen LogP contribution in [0.1, 0.15) is 16.7 Å². The van der Waals surface area contributed by atoms with Gasteiger partial charge in [0, 0.05) is 12.2 Å². The quantitative estimate of drug-likeness (QED) is 0.900. The van der Waals surface area contributed by atoms with Gasteiger partial charge in [0.25, 0.3) is 0 Å². The predicted molar refractivity (Wildman–Crippen MR) is 74.2 cm³/mol. The lowest BCUT2D eigenvalue weighted by Crippen LogP contribution is -2.01. The Morgan fingerprint density at radius 2 is 1.89 bits per heavy atom. The van der Waals surface area contributed by atoms with Gasteiger partial charge < -0.3 is 5.32 Å². The highest BCUT2D eigenvalue weighted by atomic mass is 19.1. The molecule has 3 heteroatoms. The van der Waals surface area contributed by atoms with Crippen LogP contribution in [0.2, 0.25) is 0 Å². The van der Waals surface area contributed by atoms with Crippen LogP contribution in [0.25, 0.3) is 0 Å². The number of hydrogen-bond acceptors (Lipinski definition) is 2. The molecule has 0 aliphatic carbocycles. The largest absolute Gasteiger partial charge is 0.381 e. The molecule has 2 nitrogen and oxygen atoms in total. The third-order valence-electron chi connectivity index (χ3n) is 3.03. The van der Waals surface area contributed by atoms with Crippen molar-refractivity contribution in [2.45, 2.75) is 19.9 Å². The number of benzene rings is 2. The van der Waals surface area contributed by atoms with Gasteiger partial charge in [-0.15, -0.1) is 0 Å². The highest BCUT2D eigenvalue weighted by Crippen LogP contribution is 2.14. The first-order valence-electron chi connectivity index (χ1n) is 6.14. The van der Waals surface area contributed by atoms with E-state index in [1.165, 1.54) is 6.07 Å². The van der Waals surface area contributed by atoms with Gasteiger partial charge >= 0.3 is 0 Å². The zero-order chi connectivity index (χ0) is 13.7. The second-order valence-electron chi connectivity index (χ2n) is 4.46. The maximum atomic E-state index is 13.2. The van der Waals surface area contributed by atoms with Crippen LogP contribution in [0.3, 0.4) is 0 Å². The fourth-order valence-electron chi connectivity index (χ4n) is 1.86. The Morgan fingerprint density at radius 1 is 1.16 bits per heavy atom. The van der Waals surface area contributed by atoms with Crippen molar-refractivity contribution in [1.29, 1.82) is 5.26 Å². The second kappa shape index (κ2) is 6.01. The Hall–Kier alpha value is -2.34. The lowest BCUT2D eigenvalue weighted by atomic mass is 10.1. The maximum absolute atomic E-state index is 13.2. The van der Waals surface area contributed by atoms with Crippen molar-refractivity contribution in [2.24, 2.45) is 0 Å². The SMILES string of the molecule is Cc1ccc(F)cc1CNc1ccc(CC#N)cc1. The average molecular weight is 254 g/mol. The lowest BCUT2D eigenvalue weighted by Gasteiger charge is -2.09. The molecule has 96 valence electrons. The summed E-state index contributed by atoms with van der Waals surface area (Å²) < 4.78 is 13.2. The number of aryl methyl sites for hydroxylation is 1. The molecule has 0 aliphatic heterocycles. The van der Waals surface area contributed by atoms with Crippen molar-refractivity contribution in [3.63, 3.8) is 0 Å². The lowest BCUT2D eigenvalue weighted by molar-refractivity contribution is 0.625. The summed E-state index contributed by atoms with van der Waals surface area (Å²) in [6.45, 7) is 2.55. The van der Waals surface area contributed by atoms with E-state index in [-0.39, 0.29) is 5.82 Å². The van der Waals surface area contributed by atoms with Gasteiger partial charge in [-0.3, -0.25) is 0 Å². The van der Waals surface area contributed by atoms with Crippen LogP contribution in [-0.4, -0.2) is 0 Å². The molecule has 19 heavy (non-hydrogen) atoms. The second-order valence-corrected chi connectivity index (χ2v) is 4.46. The highest BCUT2D eigenvalue weighted by Gasteiger charge is 2.01. The molecule has 0 atom stereocenters. The third-order valence-corrected chi connectivity index (χ3v) is 3.03. The number of nitrogens with one attached hydrogen (secondary N) is 1. The maximum Gasteiger partial charge on any atom is 0.123 e. The van der Waals surface area contributed by atoms with Crippen LogP contribution in [-0.2, 0) is 13.0 Å². The first kappa shape index (κ1) is 13.1. The monoisotopic (exact) mass is 254 g/mol. The first-order chi connectivity index (χ1) is 9.19. The van der Waals surface area contributed by atoms with Crippen LogP contribution in [0.5, 0.6) is 0 Å². The summed E-state index contributed by atoms with van der Waals surface area (Å²) in [5.74, 6) is -0.216. The van der Waals surface area contributed by atoms with Gasteiger partial charge in [-0.05, 0) is 47.9 Å². The van der Waals surface area contributed by atoms with Crippen molar-refractivity contribution in [2.75, 3.05) is 5.32 Å². The van der Waals surface area contributed by atoms with Crippen molar-refractivity contribution < 1.29 is 4.39 Å². The summed E-state index contributed by atoms with van der Waals surface area (Å²) in [6.07, 6.45) is 0.420. The normalized spacial score (nSPS) is 9.95. The minimum atomic E-state index is -0.216. The van der Waals surface area contributed by atoms with Crippen LogP contribution in [0, 0.1) is 24.1 Å². The van der Waals surface area contributed by atoms with E-state index < -0.39 is 0 Å². The van der Waals surface area contributed by atoms with Crippen LogP contribution >= 0.6 is 0 Å². The van der Waals surface area contributed by atoms with Crippen molar-refractivity contribution >= 4 is 5.69 Å². The molecular formula is C16H15FN2. The molecule has 0 saturated heterocycles. The fraction of sp³-hybridized carbons (Fsp3) is 0.188. The topological polar surface area (TPSA) is 35.8 Å². The van der Waals surface area contributed by atoms with E-state index in [0.29, 0.717) is 13.0 Å². The Balaban J connectivity index is 2.02. The smallest absolute Gasteiger partial charge is 0.123 e. The van der Waals surface area contributed by atoms with Gasteiger partial charge in [-0.25, -0.2) is 4.39 Å². The summed E-state index contributed by atoms with van der Waals surface area (Å²) in [4.78, 5) is 0. The first-order valence-corrected chi connectivity index (χ1v) is 6.14. The molecule has 2 aromatic rings. The molecule has 0 aromatic heterocycles. The van der Waals surface area contributed by atoms with Crippen molar-refractivity contribution in [1.82, 2.24) is 0 Å². The molecule has 0 aliphatic rings. The van der Waals surface area contributed by atoms with E-state index in [2.05, 4.69) is 11.4 Å². The number of hydrogen-bond donors (Lipinski definition) is 1. The Kier molecular flexibility index (Phi) is 4.15. The van der Waals surface area contributed by atoms with Crippen molar-refractivity contribution in [3.05, 3.63) is 65.0 Å². The van der Waals surface area contributed by atoms with E-state index >= 15 is 0 Å². The number of nitrogens with zero attached hydrogens (tertiary/aromatic N) is 1. The number of anilines is 1. The predicted octanol–water partition coefficient (Wildman–Crippen LogP) is 3.81. The minimum absolute atomic E-state index is 0.216. The summed E-state index contributed by atoms with van der Waals surface area (Å²) in [5.41, 5.74) is 3.97. The zero-order valence-electron chi connectivity index (χ0n) is 10.8. The standard InChI is InChI=1S/C16H15FN2/c1-12-2-5-15(17)10-14(12)11-19-16-6-3-13(4-7-16)8-9-18/h2-7,10,19H,8,11H2,1H3. The molecular weight excluding hydrogens is 239 g/mol.